The molecule has 21 heteroatoms. The van der Waals surface area contributed by atoms with Crippen LogP contribution in [0.5, 0.6) is 0 Å². The van der Waals surface area contributed by atoms with Crippen molar-refractivity contribution >= 4 is 23.5 Å². The zero-order chi connectivity index (χ0) is 22.2. The predicted octanol–water partition coefficient (Wildman–Crippen LogP) is -6.13. The van der Waals surface area contributed by atoms with Crippen molar-refractivity contribution in [2.75, 3.05) is 6.61 Å². The Hall–Kier alpha value is -0.0300. The molecule has 2 rings (SSSR count). The van der Waals surface area contributed by atoms with Crippen LogP contribution in [0.25, 0.3) is 0 Å². The van der Waals surface area contributed by atoms with E-state index < -0.39 is 65.9 Å². The van der Waals surface area contributed by atoms with E-state index >= 15 is 0 Å². The Morgan fingerprint density at radius 3 is 2.23 bits per heavy atom. The van der Waals surface area contributed by atoms with Crippen LogP contribution >= 0.6 is 23.5 Å². The van der Waals surface area contributed by atoms with E-state index in [2.05, 4.69) is 13.1 Å². The number of rotatable bonds is 8. The Bertz CT molecular complexity index is 1000. The maximum Gasteiger partial charge on any atom is 1.00 e. The van der Waals surface area contributed by atoms with Crippen molar-refractivity contribution in [2.45, 2.75) is 24.5 Å². The van der Waals surface area contributed by atoms with Gasteiger partial charge in [0.25, 0.3) is 13.4 Å². The quantitative estimate of drug-likeness (QED) is 0.106. The molecule has 0 spiro atoms. The molecular weight excluding hydrogens is 503 g/mol. The molecule has 1 fully saturated rings. The van der Waals surface area contributed by atoms with Gasteiger partial charge < -0.3 is 34.5 Å². The molecule has 0 aromatic carbocycles. The van der Waals surface area contributed by atoms with Crippen molar-refractivity contribution in [2.24, 2.45) is 0 Å². The van der Waals surface area contributed by atoms with E-state index in [0.717, 1.165) is 12.3 Å². The van der Waals surface area contributed by atoms with E-state index in [9.17, 15) is 43.3 Å². The van der Waals surface area contributed by atoms with Crippen molar-refractivity contribution in [3.05, 3.63) is 33.1 Å². The van der Waals surface area contributed by atoms with Crippen molar-refractivity contribution in [1.29, 1.82) is 0 Å². The molecule has 1 aromatic heterocycles. The molecule has 1 aliphatic heterocycles. The molecule has 0 radical (unpaired) electrons. The molecule has 3 unspecified atom stereocenters. The molecule has 7 atom stereocenters. The number of aliphatic hydroxyl groups excluding tert-OH is 2. The van der Waals surface area contributed by atoms with Gasteiger partial charge in [-0.25, -0.2) is 18.2 Å². The second-order valence-corrected chi connectivity index (χ2v) is 9.80. The molecule has 0 bridgehead atoms. The summed E-state index contributed by atoms with van der Waals surface area (Å²) in [5, 5.41) is 19.9. The number of nitrogens with zero attached hydrogens (tertiary/aromatic N) is 1. The SMILES string of the molecule is O=[13c]1[13cH][13cH][15n]([13C@@H]2O[13C@H]([13CH2]OP(=O)(O)OP(=O)(O)OP(=O)([O-])O)[13C@@H](O)[13C@H]2O)[13c](=O)[15nH]1.[Na+]. The Balaban J connectivity index is 0.00000450. The van der Waals surface area contributed by atoms with Gasteiger partial charge in [-0.05, 0) is 0 Å². The van der Waals surface area contributed by atoms with Crippen LogP contribution in [0.1, 0.15) is 6.23 Å². The molecular formula is C9H14N2NaO15P3. The van der Waals surface area contributed by atoms with Crippen LogP contribution in [0.3, 0.4) is 0 Å². The molecule has 1 aliphatic rings. The molecule has 1 aromatic rings. The van der Waals surface area contributed by atoms with Crippen molar-refractivity contribution < 1.29 is 90.9 Å². The zero-order valence-corrected chi connectivity index (χ0v) is 19.5. The number of aliphatic hydroxyl groups is 2. The number of hydrogen-bond donors (Lipinski definition) is 6. The number of hydrogen-bond acceptors (Lipinski definition) is 12. The summed E-state index contributed by atoms with van der Waals surface area (Å²) in [6, 6.07) is 0.915. The maximum absolute atomic E-state index is 11.7. The maximum atomic E-state index is 11.7. The van der Waals surface area contributed by atoms with Crippen molar-refractivity contribution in [1.82, 2.24) is 9.55 Å². The molecule has 166 valence electrons. The van der Waals surface area contributed by atoms with Crippen LogP contribution in [0.15, 0.2) is 21.9 Å². The molecule has 6 N–H and O–H groups in total. The van der Waals surface area contributed by atoms with Gasteiger partial charge in [0.15, 0.2) is 6.23 Å². The summed E-state index contributed by atoms with van der Waals surface area (Å²) in [5.74, 6) is 0. The Labute approximate surface area is 188 Å². The van der Waals surface area contributed by atoms with Crippen LogP contribution in [-0.4, -0.2) is 59.4 Å². The fraction of sp³-hybridized carbons (Fsp3) is 0.556. The van der Waals surface area contributed by atoms with E-state index in [4.69, 9.17) is 14.5 Å². The van der Waals surface area contributed by atoms with Gasteiger partial charge in [-0.15, -0.1) is 0 Å². The smallest absolute Gasteiger partial charge is 0.756 e. The summed E-state index contributed by atoms with van der Waals surface area (Å²) in [4.78, 5) is 61.7. The van der Waals surface area contributed by atoms with Gasteiger partial charge in [-0.2, -0.15) is 4.31 Å². The number of aromatic nitrogens is 2. The minimum Gasteiger partial charge on any atom is -0.756 e. The van der Waals surface area contributed by atoms with Gasteiger partial charge in [0.2, 0.25) is 0 Å². The van der Waals surface area contributed by atoms with Gasteiger partial charge >= 0.3 is 50.9 Å². The third-order valence-electron chi connectivity index (χ3n) is 3.28. The second kappa shape index (κ2) is 10.3. The first kappa shape index (κ1) is 28.0. The predicted molar refractivity (Wildman–Crippen MR) is 84.8 cm³/mol. The van der Waals surface area contributed by atoms with Gasteiger partial charge in [-0.3, -0.25) is 23.4 Å². The van der Waals surface area contributed by atoms with Crippen LogP contribution < -0.4 is 45.7 Å². The standard InChI is InChI=1S/C9H15N2O15P3.Na/c12-5-1-2-11(9(15)10-5)8-7(14)6(13)4(24-8)3-23-28(19,20)26-29(21,22)25-27(16,17)18;/h1-2,4,6-8,13-14H,3H2,(H,19,20)(H,21,22)(H,10,12,15)(H2,16,17,18);/q;+1/p-1/t4-,6-,7-,8-;/m1./s1/i1+1,2+1,3+1,4+1,5+1,6+1,7+1,8+1,9+1,10+1,11+1;. The summed E-state index contributed by atoms with van der Waals surface area (Å²) in [7, 11) is -17.1. The van der Waals surface area contributed by atoms with E-state index in [1.807, 2.05) is 4.98 Å². The molecule has 0 aliphatic carbocycles. The van der Waals surface area contributed by atoms with Crippen molar-refractivity contribution in [3.63, 3.8) is 0 Å². The van der Waals surface area contributed by atoms with Crippen LogP contribution in [0.2, 0.25) is 0 Å². The first-order valence-electron chi connectivity index (χ1n) is 7.20. The average molecular weight is 517 g/mol. The summed E-state index contributed by atoms with van der Waals surface area (Å²) >= 11 is 0. The molecule has 1 saturated heterocycles. The number of H-pyrrole nitrogens is 1. The fourth-order valence-electron chi connectivity index (χ4n) is 2.19. The number of nitrogens with one attached hydrogen (secondary N) is 1. The average Bonchev–Trinajstić information content (AvgIpc) is 2.78. The Morgan fingerprint density at radius 1 is 1.10 bits per heavy atom. The van der Waals surface area contributed by atoms with Gasteiger partial charge in [-0.1, -0.05) is 0 Å². The molecule has 30 heavy (non-hydrogen) atoms. The van der Waals surface area contributed by atoms with Gasteiger partial charge in [0, 0.05) is 12.3 Å². The minimum atomic E-state index is -5.81. The largest absolute Gasteiger partial charge is 1.00 e. The molecule has 17 nitrogen and oxygen atoms in total. The number of phosphoric ester groups is 1. The van der Waals surface area contributed by atoms with Crippen LogP contribution in [-0.2, 0) is 31.6 Å². The van der Waals surface area contributed by atoms with E-state index in [0.29, 0.717) is 4.57 Å². The minimum absolute atomic E-state index is 0. The normalized spacial score (nSPS) is 29.9. The van der Waals surface area contributed by atoms with Crippen molar-refractivity contribution in [3.8, 4) is 0 Å². The molecule has 0 amide bonds. The third-order valence-corrected chi connectivity index (χ3v) is 7.05. The molecule has 2 heterocycles. The van der Waals surface area contributed by atoms with E-state index in [1.165, 1.54) is 0 Å². The monoisotopic (exact) mass is 517 g/mol. The topological polar surface area (TPSA) is 267 Å². The summed E-state index contributed by atoms with van der Waals surface area (Å²) in [6.45, 7) is -1.06. The number of ether oxygens (including phenoxy) is 1. The van der Waals surface area contributed by atoms with E-state index in [1.54, 1.807) is 0 Å². The first-order chi connectivity index (χ1) is 13.1. The van der Waals surface area contributed by atoms with E-state index in [-0.39, 0.29) is 29.6 Å². The van der Waals surface area contributed by atoms with Gasteiger partial charge in [0.1, 0.15) is 18.3 Å². The Morgan fingerprint density at radius 2 is 1.70 bits per heavy atom. The van der Waals surface area contributed by atoms with Gasteiger partial charge in [0.05, 0.1) is 6.61 Å². The summed E-state index contributed by atoms with van der Waals surface area (Å²) in [5.41, 5.74) is -1.76. The first-order valence-corrected chi connectivity index (χ1v) is 11.7. The number of aromatic amines is 1. The Kier molecular flexibility index (Phi) is 9.59. The zero-order valence-electron chi connectivity index (χ0n) is 14.8. The summed E-state index contributed by atoms with van der Waals surface area (Å²) < 4.78 is 50.2. The third kappa shape index (κ3) is 7.83. The second-order valence-electron chi connectivity index (χ2n) is 5.43. The van der Waals surface area contributed by atoms with Crippen LogP contribution in [0, 0.1) is 0 Å². The number of phosphoric acid groups is 3. The summed E-state index contributed by atoms with van der Waals surface area (Å²) in [6.07, 6.45) is -5.75. The molecule has 0 saturated carbocycles. The fourth-order valence-corrected chi connectivity index (χ4v) is 5.19. The van der Waals surface area contributed by atoms with Crippen LogP contribution in [0.4, 0.5) is 0 Å².